The van der Waals surface area contributed by atoms with Crippen LogP contribution in [0.2, 0.25) is 0 Å². The highest BCUT2D eigenvalue weighted by molar-refractivity contribution is 5.99. The SMILES string of the molecule is CC1(C)c2ccccc2-c2ccc(CCC(c3ccc(-c4ccccc4)cc3)c3cc(-c4ccc5c(c4)-c4ccccc4CCC(c4ccccc4)C5)c4c(c3)C(C)(C)c3cc5c(cc3-4)C(C)(C)c3cccc(-c4ccccc4)c3-5)cc21. The molecule has 0 saturated carbocycles. The summed E-state index contributed by atoms with van der Waals surface area (Å²) >= 11 is 0. The number of aryl methyl sites for hydroxylation is 2. The molecule has 0 nitrogen and oxygen atoms in total. The maximum atomic E-state index is 2.66. The van der Waals surface area contributed by atoms with Gasteiger partial charge in [0.15, 0.2) is 0 Å². The van der Waals surface area contributed by atoms with Crippen LogP contribution >= 0.6 is 0 Å². The molecule has 2 unspecified atom stereocenters. The monoisotopic (exact) mass is 1050 g/mol. The van der Waals surface area contributed by atoms with Crippen LogP contribution in [0.1, 0.15) is 133 Å². The van der Waals surface area contributed by atoms with Crippen molar-refractivity contribution in [3.8, 4) is 77.9 Å². The van der Waals surface area contributed by atoms with E-state index < -0.39 is 0 Å². The zero-order chi connectivity index (χ0) is 55.5. The molecular weight excluding hydrogens is 985 g/mol. The van der Waals surface area contributed by atoms with E-state index in [1.807, 2.05) is 0 Å². The van der Waals surface area contributed by atoms with E-state index in [9.17, 15) is 0 Å². The second kappa shape index (κ2) is 19.3. The van der Waals surface area contributed by atoms with Crippen LogP contribution < -0.4 is 0 Å². The minimum absolute atomic E-state index is 0.0549. The third-order valence-electron chi connectivity index (χ3n) is 20.1. The molecule has 0 fully saturated rings. The molecule has 0 aliphatic heterocycles. The molecule has 11 aromatic rings. The first-order chi connectivity index (χ1) is 39.9. The first-order valence-electron chi connectivity index (χ1n) is 30.1. The molecule has 4 aliphatic rings. The lowest BCUT2D eigenvalue weighted by molar-refractivity contribution is 0.618. The molecule has 82 heavy (non-hydrogen) atoms. The topological polar surface area (TPSA) is 0 Å². The number of hydrogen-bond donors (Lipinski definition) is 0. The van der Waals surface area contributed by atoms with Crippen molar-refractivity contribution in [2.75, 3.05) is 0 Å². The van der Waals surface area contributed by atoms with Crippen LogP contribution in [0.3, 0.4) is 0 Å². The number of rotatable bonds is 9. The normalized spacial score (nSPS) is 16.5. The van der Waals surface area contributed by atoms with Crippen LogP contribution in [0.4, 0.5) is 0 Å². The number of benzene rings is 11. The summed E-state index contributed by atoms with van der Waals surface area (Å²) in [5.74, 6) is 0.574. The average Bonchev–Trinajstić information content (AvgIpc) is 1.93. The first-order valence-corrected chi connectivity index (χ1v) is 30.1. The van der Waals surface area contributed by atoms with Gasteiger partial charge < -0.3 is 0 Å². The lowest BCUT2D eigenvalue weighted by Gasteiger charge is -2.27. The molecule has 0 bridgehead atoms. The van der Waals surface area contributed by atoms with Gasteiger partial charge in [-0.2, -0.15) is 0 Å². The van der Waals surface area contributed by atoms with Gasteiger partial charge in [0.2, 0.25) is 0 Å². The summed E-state index contributed by atoms with van der Waals surface area (Å²) in [5.41, 5.74) is 35.2. The highest BCUT2D eigenvalue weighted by Crippen LogP contribution is 2.60. The Balaban J connectivity index is 0.933. The molecular formula is C82H70. The summed E-state index contributed by atoms with van der Waals surface area (Å²) < 4.78 is 0. The average molecular weight is 1060 g/mol. The molecule has 0 N–H and O–H groups in total. The minimum Gasteiger partial charge on any atom is -0.0622 e. The van der Waals surface area contributed by atoms with E-state index in [4.69, 9.17) is 0 Å². The molecule has 0 heterocycles. The maximum absolute atomic E-state index is 2.66. The largest absolute Gasteiger partial charge is 0.0622 e. The molecule has 0 saturated heterocycles. The lowest BCUT2D eigenvalue weighted by atomic mass is 9.76. The van der Waals surface area contributed by atoms with Crippen LogP contribution in [0.25, 0.3) is 77.9 Å². The predicted molar refractivity (Wildman–Crippen MR) is 345 cm³/mol. The Bertz CT molecular complexity index is 4300. The highest BCUT2D eigenvalue weighted by Gasteiger charge is 2.44. The smallest absolute Gasteiger partial charge is 0.0159 e. The van der Waals surface area contributed by atoms with E-state index in [1.54, 1.807) is 0 Å². The Labute approximate surface area is 486 Å². The van der Waals surface area contributed by atoms with Crippen molar-refractivity contribution >= 4 is 0 Å². The number of fused-ring (bicyclic) bond motifs is 12. The van der Waals surface area contributed by atoms with Crippen LogP contribution in [-0.4, -0.2) is 0 Å². The van der Waals surface area contributed by atoms with E-state index in [0.717, 1.165) is 32.1 Å². The summed E-state index contributed by atoms with van der Waals surface area (Å²) in [6.45, 7) is 14.7. The van der Waals surface area contributed by atoms with Crippen LogP contribution in [0.5, 0.6) is 0 Å². The molecule has 2 atom stereocenters. The van der Waals surface area contributed by atoms with Gasteiger partial charge in [-0.3, -0.25) is 0 Å². The van der Waals surface area contributed by atoms with E-state index in [-0.39, 0.29) is 22.2 Å². The molecule has 0 aromatic heterocycles. The zero-order valence-corrected chi connectivity index (χ0v) is 48.3. The molecule has 11 aromatic carbocycles. The summed E-state index contributed by atoms with van der Waals surface area (Å²) in [6.07, 6.45) is 5.14. The van der Waals surface area contributed by atoms with Gasteiger partial charge in [0.05, 0.1) is 0 Å². The van der Waals surface area contributed by atoms with E-state index >= 15 is 0 Å². The Kier molecular flexibility index (Phi) is 11.8. The van der Waals surface area contributed by atoms with Crippen molar-refractivity contribution in [1.29, 1.82) is 0 Å². The second-order valence-electron chi connectivity index (χ2n) is 25.8. The van der Waals surface area contributed by atoms with Crippen molar-refractivity contribution < 1.29 is 0 Å². The highest BCUT2D eigenvalue weighted by atomic mass is 14.5. The Morgan fingerprint density at radius 3 is 1.65 bits per heavy atom. The fraction of sp³-hybridized carbons (Fsp3) is 0.195. The molecule has 0 spiro atoms. The van der Waals surface area contributed by atoms with Gasteiger partial charge in [-0.1, -0.05) is 260 Å². The second-order valence-corrected chi connectivity index (χ2v) is 25.8. The predicted octanol–water partition coefficient (Wildman–Crippen LogP) is 21.3. The first kappa shape index (κ1) is 50.4. The summed E-state index contributed by atoms with van der Waals surface area (Å²) in [7, 11) is 0. The maximum Gasteiger partial charge on any atom is 0.0159 e. The van der Waals surface area contributed by atoms with Gasteiger partial charge >= 0.3 is 0 Å². The fourth-order valence-corrected chi connectivity index (χ4v) is 15.6. The molecule has 0 radical (unpaired) electrons. The van der Waals surface area contributed by atoms with Gasteiger partial charge in [-0.25, -0.2) is 0 Å². The van der Waals surface area contributed by atoms with Gasteiger partial charge in [0, 0.05) is 22.2 Å². The molecule has 398 valence electrons. The number of hydrogen-bond acceptors (Lipinski definition) is 0. The van der Waals surface area contributed by atoms with Crippen molar-refractivity contribution in [3.63, 3.8) is 0 Å². The lowest BCUT2D eigenvalue weighted by Crippen LogP contribution is -2.17. The van der Waals surface area contributed by atoms with Gasteiger partial charge in [0.1, 0.15) is 0 Å². The van der Waals surface area contributed by atoms with E-state index in [2.05, 4.69) is 284 Å². The van der Waals surface area contributed by atoms with E-state index in [1.165, 1.54) is 145 Å². The van der Waals surface area contributed by atoms with Crippen molar-refractivity contribution in [2.24, 2.45) is 0 Å². The van der Waals surface area contributed by atoms with Crippen LogP contribution in [0, 0.1) is 0 Å². The minimum atomic E-state index is -0.291. The Morgan fingerprint density at radius 2 is 0.902 bits per heavy atom. The van der Waals surface area contributed by atoms with Crippen LogP contribution in [-0.2, 0) is 35.5 Å². The molecule has 0 heteroatoms. The van der Waals surface area contributed by atoms with E-state index in [0.29, 0.717) is 5.92 Å². The Morgan fingerprint density at radius 1 is 0.341 bits per heavy atom. The molecule has 4 aliphatic carbocycles. The van der Waals surface area contributed by atoms with Crippen molar-refractivity contribution in [3.05, 3.63) is 309 Å². The molecule has 0 amide bonds. The third-order valence-corrected chi connectivity index (χ3v) is 20.1. The van der Waals surface area contributed by atoms with Crippen molar-refractivity contribution in [1.82, 2.24) is 0 Å². The zero-order valence-electron chi connectivity index (χ0n) is 48.3. The summed E-state index contributed by atoms with van der Waals surface area (Å²) in [4.78, 5) is 0. The van der Waals surface area contributed by atoms with Crippen molar-refractivity contribution in [2.45, 2.75) is 102 Å². The van der Waals surface area contributed by atoms with Gasteiger partial charge in [-0.05, 0) is 207 Å². The van der Waals surface area contributed by atoms with Crippen LogP contribution in [0.15, 0.2) is 243 Å². The quantitative estimate of drug-likeness (QED) is 0.135. The Hall–Kier alpha value is -8.58. The summed E-state index contributed by atoms with van der Waals surface area (Å²) in [5, 5.41) is 0. The molecule has 15 rings (SSSR count). The van der Waals surface area contributed by atoms with Gasteiger partial charge in [-0.15, -0.1) is 0 Å². The summed E-state index contributed by atoms with van der Waals surface area (Å²) in [6, 6.07) is 93.6. The van der Waals surface area contributed by atoms with Gasteiger partial charge in [0.25, 0.3) is 0 Å². The fourth-order valence-electron chi connectivity index (χ4n) is 15.6. The standard InChI is InChI=1S/C82H70/c1-80(2)72-31-19-18-29-66(72)67-44-34-52(45-74(67)80)33-43-63(58-37-35-55(36-38-58)53-21-10-7-11-22-53)62-48-69(61-42-41-60-46-59(54-23-12-8-13-24-54)40-39-57-27-16-17-28-64(57)68(60)47-61)79-71-51-75-70(50-76(71)82(5,6)77(79)49-62)78-65(56-25-14-9-15-26-56)30-20-32-73(78)81(75,3)4/h7-32,34-38,41-42,44-45,47-51,59,63H,33,39-40,43,46H2,1-6H3. The third kappa shape index (κ3) is 8.08.